The van der Waals surface area contributed by atoms with E-state index in [1.165, 1.54) is 7.11 Å². The fraction of sp³-hybridized carbons (Fsp3) is 0.161. The van der Waals surface area contributed by atoms with Crippen molar-refractivity contribution in [2.75, 3.05) is 56.9 Å². The highest BCUT2D eigenvalue weighted by Gasteiger charge is 2.49. The zero-order valence-electron chi connectivity index (χ0n) is 40.2. The van der Waals surface area contributed by atoms with Gasteiger partial charge in [0, 0.05) is 50.6 Å². The van der Waals surface area contributed by atoms with Crippen LogP contribution in [0.15, 0.2) is 144 Å². The lowest BCUT2D eigenvalue weighted by molar-refractivity contribution is 0.00212. The van der Waals surface area contributed by atoms with Gasteiger partial charge in [0.15, 0.2) is 40.8 Å². The topological polar surface area (TPSA) is 164 Å². The number of methoxy groups -OCH3 is 7. The van der Waals surface area contributed by atoms with Gasteiger partial charge in [-0.2, -0.15) is 5.06 Å². The van der Waals surface area contributed by atoms with E-state index < -0.39 is 5.85 Å². The molecule has 8 aromatic rings. The minimum atomic E-state index is -1.90. The van der Waals surface area contributed by atoms with E-state index in [2.05, 4.69) is 0 Å². The predicted octanol–water partition coefficient (Wildman–Crippen LogP) is 9.37. The third-order valence-corrected chi connectivity index (χ3v) is 13.8. The number of aliphatic imine (C=N–C) groups is 7. The van der Waals surface area contributed by atoms with Crippen molar-refractivity contribution in [3.8, 4) is 34.5 Å². The first-order chi connectivity index (χ1) is 35.3. The maximum atomic E-state index is 6.63. The van der Waals surface area contributed by atoms with Crippen LogP contribution < -0.4 is 28.4 Å². The van der Waals surface area contributed by atoms with Crippen LogP contribution in [0.4, 0.5) is 0 Å². The zero-order chi connectivity index (χ0) is 49.2. The Morgan fingerprint density at radius 1 is 0.361 bits per heavy atom. The lowest BCUT2D eigenvalue weighted by atomic mass is 9.95. The summed E-state index contributed by atoms with van der Waals surface area (Å²) in [4.78, 5) is 44.2. The maximum Gasteiger partial charge on any atom is 0.292 e. The van der Waals surface area contributed by atoms with Crippen LogP contribution in [0, 0.1) is 0 Å². The number of hydrogen-bond acceptors (Lipinski definition) is 16. The normalized spacial score (nSPS) is 17.1. The average molecular weight is 955 g/mol. The molecule has 5 heterocycles. The van der Waals surface area contributed by atoms with Crippen molar-refractivity contribution in [2.24, 2.45) is 34.9 Å². The standard InChI is InChI=1S/C56H42N8O8/c1-65-43-29-19-11-9-17-27(29)25-35-37(43)52-58-49(35)57-50-36-26-28-18-10-12-20-30(28)44(66-2)38(36)54(60-50)64(72-8)55-40-39(45(67-3)31-21-13-14-22-32(31)46(40)68-4)51(61-55)59-53-41-42(56(62-52,63-53)71-7)48(70-6)34-24-16-15-23-33(34)47(41)69-5/h9-26H,1-8H3. The molecule has 0 aromatic heterocycles. The van der Waals surface area contributed by atoms with Gasteiger partial charge in [-0.25, -0.2) is 34.9 Å². The van der Waals surface area contributed by atoms with Crippen molar-refractivity contribution in [2.45, 2.75) is 5.85 Å². The highest BCUT2D eigenvalue weighted by molar-refractivity contribution is 6.37. The molecule has 0 radical (unpaired) electrons. The number of fused-ring (bicyclic) bond motifs is 20. The largest absolute Gasteiger partial charge is 0.496 e. The molecule has 0 saturated carbocycles. The first kappa shape index (κ1) is 43.1. The monoisotopic (exact) mass is 954 g/mol. The fourth-order valence-corrected chi connectivity index (χ4v) is 10.9. The molecule has 72 heavy (non-hydrogen) atoms. The molecule has 0 saturated heterocycles. The van der Waals surface area contributed by atoms with Crippen LogP contribution in [0.1, 0.15) is 44.5 Å². The van der Waals surface area contributed by atoms with Crippen LogP contribution >= 0.6 is 0 Å². The Labute approximate surface area is 411 Å². The van der Waals surface area contributed by atoms with Crippen molar-refractivity contribution in [1.29, 1.82) is 0 Å². The summed E-state index contributed by atoms with van der Waals surface area (Å²) in [7, 11) is 12.8. The molecule has 1 unspecified atom stereocenters. The van der Waals surface area contributed by atoms with E-state index in [0.717, 1.165) is 43.1 Å². The average Bonchev–Trinajstić information content (AvgIpc) is 4.16. The number of rotatable bonds is 8. The van der Waals surface area contributed by atoms with Gasteiger partial charge in [-0.15, -0.1) is 0 Å². The summed E-state index contributed by atoms with van der Waals surface area (Å²) in [6.45, 7) is 0. The molecule has 0 N–H and O–H groups in total. The first-order valence-corrected chi connectivity index (χ1v) is 22.9. The summed E-state index contributed by atoms with van der Waals surface area (Å²) < 4.78 is 44.8. The highest BCUT2D eigenvalue weighted by Crippen LogP contribution is 2.54. The number of hydrogen-bond donors (Lipinski definition) is 0. The van der Waals surface area contributed by atoms with Gasteiger partial charge >= 0.3 is 0 Å². The van der Waals surface area contributed by atoms with Gasteiger partial charge in [-0.05, 0) is 22.9 Å². The number of nitrogens with zero attached hydrogens (tertiary/aromatic N) is 8. The molecule has 0 amide bonds. The third-order valence-electron chi connectivity index (χ3n) is 13.8. The molecule has 5 aliphatic heterocycles. The molecule has 16 heteroatoms. The van der Waals surface area contributed by atoms with Gasteiger partial charge in [-0.3, -0.25) is 4.84 Å². The van der Waals surface area contributed by atoms with Crippen molar-refractivity contribution in [1.82, 2.24) is 5.06 Å². The Morgan fingerprint density at radius 2 is 0.750 bits per heavy atom. The molecule has 5 aliphatic rings. The summed E-state index contributed by atoms with van der Waals surface area (Å²) in [5, 5.41) is 8.03. The van der Waals surface area contributed by atoms with E-state index in [1.54, 1.807) is 54.8 Å². The van der Waals surface area contributed by atoms with Gasteiger partial charge < -0.3 is 33.2 Å². The molecular weight excluding hydrogens is 913 g/mol. The van der Waals surface area contributed by atoms with Crippen molar-refractivity contribution in [3.63, 3.8) is 0 Å². The predicted molar refractivity (Wildman–Crippen MR) is 278 cm³/mol. The molecule has 0 fully saturated rings. The van der Waals surface area contributed by atoms with Crippen LogP contribution in [0.2, 0.25) is 0 Å². The second-order valence-corrected chi connectivity index (χ2v) is 17.2. The smallest absolute Gasteiger partial charge is 0.292 e. The lowest BCUT2D eigenvalue weighted by Gasteiger charge is -2.25. The Morgan fingerprint density at radius 3 is 1.29 bits per heavy atom. The van der Waals surface area contributed by atoms with Gasteiger partial charge in [0.2, 0.25) is 0 Å². The van der Waals surface area contributed by atoms with Crippen LogP contribution in [0.25, 0.3) is 43.1 Å². The van der Waals surface area contributed by atoms with Crippen LogP contribution in [0.5, 0.6) is 34.5 Å². The highest BCUT2D eigenvalue weighted by atomic mass is 16.7. The summed E-state index contributed by atoms with van der Waals surface area (Å²) in [6.07, 6.45) is 0. The minimum Gasteiger partial charge on any atom is -0.496 e. The number of amidine groups is 7. The number of hydroxylamine groups is 2. The zero-order valence-corrected chi connectivity index (χ0v) is 40.2. The summed E-state index contributed by atoms with van der Waals surface area (Å²) in [6, 6.07) is 35.6. The first-order valence-electron chi connectivity index (χ1n) is 22.9. The van der Waals surface area contributed by atoms with Gasteiger partial charge in [0.1, 0.15) is 34.5 Å². The molecule has 1 atom stereocenters. The Kier molecular flexibility index (Phi) is 9.58. The molecular formula is C56H42N8O8. The van der Waals surface area contributed by atoms with Crippen molar-refractivity contribution in [3.05, 3.63) is 154 Å². The van der Waals surface area contributed by atoms with E-state index in [0.29, 0.717) is 96.5 Å². The SMILES string of the molecule is COc1c2c(cc3ccccc13)C1=NC2=NC2(OC)N=C(N=C3N=C(c4c3c(OC)c3ccccc3c4OC)N(OC)C3=NC(=N1)c1cc4ccccc4c(OC)c13)c1c2c(OC)c2ccccc2c1OC. The summed E-state index contributed by atoms with van der Waals surface area (Å²) in [5.74, 6) is 2.86. The minimum absolute atomic E-state index is 0.165. The van der Waals surface area contributed by atoms with E-state index in [4.69, 9.17) is 72.9 Å². The van der Waals surface area contributed by atoms with Gasteiger partial charge in [0.25, 0.3) is 5.85 Å². The molecule has 8 bridgehead atoms. The van der Waals surface area contributed by atoms with Crippen LogP contribution in [0.3, 0.4) is 0 Å². The summed E-state index contributed by atoms with van der Waals surface area (Å²) >= 11 is 0. The van der Waals surface area contributed by atoms with E-state index in [-0.39, 0.29) is 23.3 Å². The van der Waals surface area contributed by atoms with Crippen LogP contribution in [-0.4, -0.2) is 103 Å². The van der Waals surface area contributed by atoms with E-state index in [1.807, 2.05) is 109 Å². The maximum absolute atomic E-state index is 6.63. The van der Waals surface area contributed by atoms with Gasteiger partial charge in [0.05, 0.1) is 83.1 Å². The summed E-state index contributed by atoms with van der Waals surface area (Å²) in [5.41, 5.74) is 4.37. The number of ether oxygens (including phenoxy) is 7. The number of benzene rings is 8. The van der Waals surface area contributed by atoms with Crippen molar-refractivity contribution >= 4 is 83.9 Å². The molecule has 0 spiro atoms. The molecule has 354 valence electrons. The molecule has 16 nitrogen and oxygen atoms in total. The fourth-order valence-electron chi connectivity index (χ4n) is 10.9. The second-order valence-electron chi connectivity index (χ2n) is 17.2. The van der Waals surface area contributed by atoms with E-state index in [9.17, 15) is 0 Å². The van der Waals surface area contributed by atoms with Gasteiger partial charge in [-0.1, -0.05) is 97.1 Å². The van der Waals surface area contributed by atoms with Crippen LogP contribution in [-0.2, 0) is 15.4 Å². The Hall–Kier alpha value is -8.99. The third kappa shape index (κ3) is 5.72. The lowest BCUT2D eigenvalue weighted by Crippen LogP contribution is -2.36. The van der Waals surface area contributed by atoms with E-state index >= 15 is 0 Å². The molecule has 8 aromatic carbocycles. The Bertz CT molecular complexity index is 4000. The van der Waals surface area contributed by atoms with Crippen molar-refractivity contribution < 1.29 is 38.0 Å². The molecule has 13 rings (SSSR count). The Balaban J connectivity index is 1.23. The second kappa shape index (κ2) is 16.0. The quantitative estimate of drug-likeness (QED) is 0.144. The molecule has 0 aliphatic carbocycles.